The molecule has 1 N–H and O–H groups in total. The molecule has 5 heteroatoms. The number of methoxy groups -OCH3 is 1. The summed E-state index contributed by atoms with van der Waals surface area (Å²) in [5.41, 5.74) is 1.73. The second kappa shape index (κ2) is 5.09. The molecule has 0 unspecified atom stereocenters. The van der Waals surface area contributed by atoms with Crippen molar-refractivity contribution in [2.24, 2.45) is 5.92 Å². The fourth-order valence-corrected chi connectivity index (χ4v) is 2.24. The molecule has 0 aromatic heterocycles. The van der Waals surface area contributed by atoms with Gasteiger partial charge >= 0.3 is 0 Å². The van der Waals surface area contributed by atoms with E-state index in [1.54, 1.807) is 12.0 Å². The second-order valence-corrected chi connectivity index (χ2v) is 5.00. The number of nitrogens with one attached hydrogen (secondary N) is 1. The number of amides is 1. The van der Waals surface area contributed by atoms with E-state index < -0.39 is 0 Å². The van der Waals surface area contributed by atoms with Gasteiger partial charge in [0, 0.05) is 13.7 Å². The van der Waals surface area contributed by atoms with E-state index in [0.29, 0.717) is 0 Å². The smallest absolute Gasteiger partial charge is 0.266 e. The molecule has 1 amide bonds. The van der Waals surface area contributed by atoms with Crippen LogP contribution in [0.2, 0.25) is 0 Å². The molecule has 1 saturated carbocycles. The number of rotatable bonds is 5. The standard InChI is InChI=1S/C14H18N2O3/c1-18-9-16-13(17)8-19-12-4-2-3-11(14(12)16)15-7-10-5-6-10/h2-4,10,15H,5-9H2,1H3. The number of carbonyl (C=O) groups is 1. The van der Waals surface area contributed by atoms with E-state index in [1.165, 1.54) is 12.8 Å². The topological polar surface area (TPSA) is 50.8 Å². The van der Waals surface area contributed by atoms with Crippen molar-refractivity contribution in [1.82, 2.24) is 0 Å². The summed E-state index contributed by atoms with van der Waals surface area (Å²) in [6.45, 7) is 1.27. The number of carbonyl (C=O) groups excluding carboxylic acids is 1. The summed E-state index contributed by atoms with van der Waals surface area (Å²) >= 11 is 0. The van der Waals surface area contributed by atoms with E-state index in [-0.39, 0.29) is 19.2 Å². The highest BCUT2D eigenvalue weighted by Crippen LogP contribution is 2.39. The zero-order chi connectivity index (χ0) is 13.2. The fourth-order valence-electron chi connectivity index (χ4n) is 2.24. The van der Waals surface area contributed by atoms with Crippen LogP contribution in [0.4, 0.5) is 11.4 Å². The van der Waals surface area contributed by atoms with Gasteiger partial charge in [0.05, 0.1) is 5.69 Å². The molecule has 2 aliphatic rings. The molecule has 0 bridgehead atoms. The molecular formula is C14H18N2O3. The molecule has 0 spiro atoms. The minimum absolute atomic E-state index is 0.0719. The third kappa shape index (κ3) is 2.51. The number of benzene rings is 1. The van der Waals surface area contributed by atoms with Crippen LogP contribution in [0.15, 0.2) is 18.2 Å². The maximum Gasteiger partial charge on any atom is 0.266 e. The number of hydrogen-bond donors (Lipinski definition) is 1. The van der Waals surface area contributed by atoms with Gasteiger partial charge < -0.3 is 14.8 Å². The maximum atomic E-state index is 11.9. The van der Waals surface area contributed by atoms with Crippen LogP contribution < -0.4 is 15.0 Å². The second-order valence-electron chi connectivity index (χ2n) is 5.00. The van der Waals surface area contributed by atoms with Gasteiger partial charge in [0.2, 0.25) is 0 Å². The predicted octanol–water partition coefficient (Wildman–Crippen LogP) is 1.84. The average molecular weight is 262 g/mol. The molecule has 102 valence electrons. The Hall–Kier alpha value is -1.75. The van der Waals surface area contributed by atoms with Gasteiger partial charge in [0.25, 0.3) is 5.91 Å². The number of nitrogens with zero attached hydrogens (tertiary/aromatic N) is 1. The Balaban J connectivity index is 1.89. The van der Waals surface area contributed by atoms with E-state index in [1.807, 2.05) is 18.2 Å². The van der Waals surface area contributed by atoms with Crippen molar-refractivity contribution in [2.75, 3.05) is 37.2 Å². The Labute approximate surface area is 112 Å². The zero-order valence-corrected chi connectivity index (χ0v) is 11.0. The van der Waals surface area contributed by atoms with Crippen molar-refractivity contribution in [3.63, 3.8) is 0 Å². The Bertz CT molecular complexity index is 486. The quantitative estimate of drug-likeness (QED) is 0.879. The SMILES string of the molecule is COCN1C(=O)COc2cccc(NCC3CC3)c21. The molecule has 1 heterocycles. The lowest BCUT2D eigenvalue weighted by Crippen LogP contribution is -2.40. The van der Waals surface area contributed by atoms with Crippen molar-refractivity contribution >= 4 is 17.3 Å². The van der Waals surface area contributed by atoms with Crippen LogP contribution in [0.3, 0.4) is 0 Å². The van der Waals surface area contributed by atoms with Crippen LogP contribution in [0.5, 0.6) is 5.75 Å². The molecule has 3 rings (SSSR count). The molecule has 19 heavy (non-hydrogen) atoms. The van der Waals surface area contributed by atoms with Gasteiger partial charge in [-0.1, -0.05) is 6.07 Å². The molecule has 0 atom stereocenters. The molecule has 0 radical (unpaired) electrons. The highest BCUT2D eigenvalue weighted by atomic mass is 16.5. The van der Waals surface area contributed by atoms with Gasteiger partial charge in [0.1, 0.15) is 18.2 Å². The summed E-state index contributed by atoms with van der Waals surface area (Å²) in [5, 5.41) is 3.41. The molecule has 0 saturated heterocycles. The largest absolute Gasteiger partial charge is 0.481 e. The monoisotopic (exact) mass is 262 g/mol. The summed E-state index contributed by atoms with van der Waals surface area (Å²) in [7, 11) is 1.59. The Morgan fingerprint density at radius 1 is 1.47 bits per heavy atom. The molecule has 1 aliphatic heterocycles. The van der Waals surface area contributed by atoms with Crippen molar-refractivity contribution < 1.29 is 14.3 Å². The van der Waals surface area contributed by atoms with Crippen LogP contribution >= 0.6 is 0 Å². The zero-order valence-electron chi connectivity index (χ0n) is 11.0. The maximum absolute atomic E-state index is 11.9. The lowest BCUT2D eigenvalue weighted by molar-refractivity contribution is -0.122. The highest BCUT2D eigenvalue weighted by molar-refractivity contribution is 6.01. The van der Waals surface area contributed by atoms with Crippen LogP contribution in [0.25, 0.3) is 0 Å². The van der Waals surface area contributed by atoms with Crippen LogP contribution in [-0.4, -0.2) is 32.9 Å². The Morgan fingerprint density at radius 3 is 3.05 bits per heavy atom. The number of hydrogen-bond acceptors (Lipinski definition) is 4. The first-order valence-electron chi connectivity index (χ1n) is 6.58. The Morgan fingerprint density at radius 2 is 2.32 bits per heavy atom. The van der Waals surface area contributed by atoms with E-state index >= 15 is 0 Å². The molecule has 1 aromatic rings. The minimum atomic E-state index is -0.0741. The third-order valence-corrected chi connectivity index (χ3v) is 3.46. The predicted molar refractivity (Wildman–Crippen MR) is 72.5 cm³/mol. The van der Waals surface area contributed by atoms with E-state index in [4.69, 9.17) is 9.47 Å². The number of anilines is 2. The summed E-state index contributed by atoms with van der Waals surface area (Å²) in [5.74, 6) is 1.43. The number of ether oxygens (including phenoxy) is 2. The molecular weight excluding hydrogens is 244 g/mol. The van der Waals surface area contributed by atoms with Gasteiger partial charge in [0.15, 0.2) is 6.61 Å². The van der Waals surface area contributed by atoms with Gasteiger partial charge in [-0.25, -0.2) is 0 Å². The van der Waals surface area contributed by atoms with Gasteiger partial charge in [-0.2, -0.15) is 0 Å². The van der Waals surface area contributed by atoms with Crippen molar-refractivity contribution in [1.29, 1.82) is 0 Å². The van der Waals surface area contributed by atoms with Crippen LogP contribution in [-0.2, 0) is 9.53 Å². The van der Waals surface area contributed by atoms with E-state index in [2.05, 4.69) is 5.32 Å². The molecule has 5 nitrogen and oxygen atoms in total. The fraction of sp³-hybridized carbons (Fsp3) is 0.500. The van der Waals surface area contributed by atoms with Crippen molar-refractivity contribution in [2.45, 2.75) is 12.8 Å². The minimum Gasteiger partial charge on any atom is -0.481 e. The van der Waals surface area contributed by atoms with E-state index in [0.717, 1.165) is 29.6 Å². The summed E-state index contributed by atoms with van der Waals surface area (Å²) < 4.78 is 10.6. The van der Waals surface area contributed by atoms with Crippen molar-refractivity contribution in [3.8, 4) is 5.75 Å². The van der Waals surface area contributed by atoms with Gasteiger partial charge in [-0.05, 0) is 30.9 Å². The van der Waals surface area contributed by atoms with Crippen LogP contribution in [0, 0.1) is 5.92 Å². The molecule has 1 aliphatic carbocycles. The number of fused-ring (bicyclic) bond motifs is 1. The first kappa shape index (κ1) is 12.3. The Kier molecular flexibility index (Phi) is 3.29. The first-order valence-corrected chi connectivity index (χ1v) is 6.58. The van der Waals surface area contributed by atoms with Crippen molar-refractivity contribution in [3.05, 3.63) is 18.2 Å². The number of para-hydroxylation sites is 1. The first-order chi connectivity index (χ1) is 9.29. The van der Waals surface area contributed by atoms with E-state index in [9.17, 15) is 4.79 Å². The van der Waals surface area contributed by atoms with Crippen LogP contribution in [0.1, 0.15) is 12.8 Å². The summed E-state index contributed by atoms with van der Waals surface area (Å²) in [6, 6.07) is 5.80. The average Bonchev–Trinajstić information content (AvgIpc) is 3.24. The van der Waals surface area contributed by atoms with Gasteiger partial charge in [-0.3, -0.25) is 9.69 Å². The van der Waals surface area contributed by atoms with Gasteiger partial charge in [-0.15, -0.1) is 0 Å². The molecule has 1 aromatic carbocycles. The highest BCUT2D eigenvalue weighted by Gasteiger charge is 2.29. The lowest BCUT2D eigenvalue weighted by atomic mass is 10.2. The molecule has 1 fully saturated rings. The summed E-state index contributed by atoms with van der Waals surface area (Å²) in [4.78, 5) is 13.6. The lowest BCUT2D eigenvalue weighted by Gasteiger charge is -2.30. The normalized spacial score (nSPS) is 17.9. The summed E-state index contributed by atoms with van der Waals surface area (Å²) in [6.07, 6.45) is 2.58. The third-order valence-electron chi connectivity index (χ3n) is 3.46.